The van der Waals surface area contributed by atoms with Gasteiger partial charge in [-0.25, -0.2) is 0 Å². The first-order valence-corrected chi connectivity index (χ1v) is 8.25. The molecule has 0 atom stereocenters. The van der Waals surface area contributed by atoms with Gasteiger partial charge in [0.15, 0.2) is 5.43 Å². The highest BCUT2D eigenvalue weighted by Crippen LogP contribution is 2.27. The van der Waals surface area contributed by atoms with Gasteiger partial charge in [-0.3, -0.25) is 4.79 Å². The standard InChI is InChI=1S/C20H14O2.C2H6/c1-13-6-8-15(9-7-13)19-12-17(21)20-16-5-3-2-4-14(16)10-11-18(20)22-19;1-2/h2-12H,1H3;1-2H3. The van der Waals surface area contributed by atoms with E-state index in [1.54, 1.807) is 6.07 Å². The molecule has 1 aromatic heterocycles. The molecule has 24 heavy (non-hydrogen) atoms. The van der Waals surface area contributed by atoms with E-state index in [1.165, 1.54) is 5.56 Å². The summed E-state index contributed by atoms with van der Waals surface area (Å²) in [7, 11) is 0. The smallest absolute Gasteiger partial charge is 0.193 e. The van der Waals surface area contributed by atoms with Crippen molar-refractivity contribution in [1.29, 1.82) is 0 Å². The van der Waals surface area contributed by atoms with Gasteiger partial charge in [0.05, 0.1) is 5.39 Å². The van der Waals surface area contributed by atoms with Crippen molar-refractivity contribution in [3.63, 3.8) is 0 Å². The molecule has 3 aromatic carbocycles. The molecule has 0 saturated heterocycles. The van der Waals surface area contributed by atoms with E-state index >= 15 is 0 Å². The second-order valence-corrected chi connectivity index (χ2v) is 5.50. The topological polar surface area (TPSA) is 30.2 Å². The molecular formula is C22H20O2. The molecule has 0 amide bonds. The summed E-state index contributed by atoms with van der Waals surface area (Å²) < 4.78 is 5.98. The summed E-state index contributed by atoms with van der Waals surface area (Å²) in [4.78, 5) is 12.6. The Labute approximate surface area is 141 Å². The van der Waals surface area contributed by atoms with E-state index in [2.05, 4.69) is 0 Å². The second-order valence-electron chi connectivity index (χ2n) is 5.50. The average Bonchev–Trinajstić information content (AvgIpc) is 2.63. The van der Waals surface area contributed by atoms with E-state index in [0.717, 1.165) is 16.3 Å². The molecule has 4 rings (SSSR count). The first kappa shape index (κ1) is 16.0. The lowest BCUT2D eigenvalue weighted by atomic mass is 10.0. The fraction of sp³-hybridized carbons (Fsp3) is 0.136. The van der Waals surface area contributed by atoms with Crippen LogP contribution in [-0.2, 0) is 0 Å². The zero-order valence-electron chi connectivity index (χ0n) is 14.2. The van der Waals surface area contributed by atoms with Crippen LogP contribution in [0.15, 0.2) is 75.9 Å². The molecule has 0 radical (unpaired) electrons. The maximum Gasteiger partial charge on any atom is 0.193 e. The van der Waals surface area contributed by atoms with Gasteiger partial charge >= 0.3 is 0 Å². The highest BCUT2D eigenvalue weighted by molar-refractivity contribution is 6.05. The highest BCUT2D eigenvalue weighted by atomic mass is 16.3. The summed E-state index contributed by atoms with van der Waals surface area (Å²) in [5.41, 5.74) is 2.71. The van der Waals surface area contributed by atoms with Gasteiger partial charge < -0.3 is 4.42 Å². The number of hydrogen-bond acceptors (Lipinski definition) is 2. The Kier molecular flexibility index (Phi) is 4.48. The Morgan fingerprint density at radius 2 is 1.54 bits per heavy atom. The molecule has 0 saturated carbocycles. The lowest BCUT2D eigenvalue weighted by Gasteiger charge is -2.06. The Balaban J connectivity index is 0.000000815. The molecule has 4 aromatic rings. The summed E-state index contributed by atoms with van der Waals surface area (Å²) in [6.45, 7) is 6.03. The van der Waals surface area contributed by atoms with Gasteiger partial charge in [-0.05, 0) is 23.8 Å². The van der Waals surface area contributed by atoms with Crippen molar-refractivity contribution in [3.8, 4) is 11.3 Å². The Morgan fingerprint density at radius 3 is 2.29 bits per heavy atom. The van der Waals surface area contributed by atoms with Crippen LogP contribution in [0.3, 0.4) is 0 Å². The van der Waals surface area contributed by atoms with Crippen LogP contribution in [0.2, 0.25) is 0 Å². The molecule has 0 N–H and O–H groups in total. The van der Waals surface area contributed by atoms with Gasteiger partial charge in [-0.2, -0.15) is 0 Å². The van der Waals surface area contributed by atoms with Crippen molar-refractivity contribution < 1.29 is 4.42 Å². The Bertz CT molecular complexity index is 1040. The van der Waals surface area contributed by atoms with Crippen molar-refractivity contribution in [1.82, 2.24) is 0 Å². The van der Waals surface area contributed by atoms with Gasteiger partial charge in [0.1, 0.15) is 11.3 Å². The van der Waals surface area contributed by atoms with Gasteiger partial charge in [0.2, 0.25) is 0 Å². The van der Waals surface area contributed by atoms with E-state index in [0.29, 0.717) is 16.7 Å². The number of fused-ring (bicyclic) bond motifs is 3. The van der Waals surface area contributed by atoms with E-state index in [1.807, 2.05) is 81.4 Å². The Hall–Kier alpha value is -2.87. The van der Waals surface area contributed by atoms with Gasteiger partial charge in [-0.15, -0.1) is 0 Å². The molecule has 0 bridgehead atoms. The van der Waals surface area contributed by atoms with Crippen LogP contribution < -0.4 is 5.43 Å². The number of rotatable bonds is 1. The first-order chi connectivity index (χ1) is 11.7. The second kappa shape index (κ2) is 6.71. The largest absolute Gasteiger partial charge is 0.456 e. The third kappa shape index (κ3) is 2.83. The first-order valence-electron chi connectivity index (χ1n) is 8.25. The lowest BCUT2D eigenvalue weighted by Crippen LogP contribution is -2.01. The van der Waals surface area contributed by atoms with Crippen LogP contribution in [-0.4, -0.2) is 0 Å². The minimum Gasteiger partial charge on any atom is -0.456 e. The number of hydrogen-bond donors (Lipinski definition) is 0. The average molecular weight is 316 g/mol. The summed E-state index contributed by atoms with van der Waals surface area (Å²) >= 11 is 0. The minimum atomic E-state index is -0.00590. The van der Waals surface area contributed by atoms with Gasteiger partial charge in [0.25, 0.3) is 0 Å². The molecule has 120 valence electrons. The zero-order chi connectivity index (χ0) is 17.1. The van der Waals surface area contributed by atoms with Crippen molar-refractivity contribution in [3.05, 3.63) is 82.5 Å². The van der Waals surface area contributed by atoms with Gasteiger partial charge in [-0.1, -0.05) is 74.0 Å². The third-order valence-electron chi connectivity index (χ3n) is 3.96. The number of benzene rings is 3. The normalized spacial score (nSPS) is 10.5. The van der Waals surface area contributed by atoms with Crippen LogP contribution in [0.25, 0.3) is 33.1 Å². The zero-order valence-corrected chi connectivity index (χ0v) is 14.2. The van der Waals surface area contributed by atoms with E-state index in [9.17, 15) is 4.79 Å². The van der Waals surface area contributed by atoms with Crippen LogP contribution in [0, 0.1) is 6.92 Å². The van der Waals surface area contributed by atoms with E-state index in [-0.39, 0.29) is 5.43 Å². The predicted molar refractivity (Wildman–Crippen MR) is 102 cm³/mol. The molecule has 2 nitrogen and oxygen atoms in total. The molecule has 0 aliphatic heterocycles. The molecule has 0 spiro atoms. The van der Waals surface area contributed by atoms with Gasteiger partial charge in [0, 0.05) is 11.6 Å². The quantitative estimate of drug-likeness (QED) is 0.406. The van der Waals surface area contributed by atoms with Crippen LogP contribution in [0.4, 0.5) is 0 Å². The monoisotopic (exact) mass is 316 g/mol. The molecule has 2 heteroatoms. The Morgan fingerprint density at radius 1 is 0.833 bits per heavy atom. The molecule has 0 aliphatic carbocycles. The minimum absolute atomic E-state index is 0.00590. The van der Waals surface area contributed by atoms with Crippen molar-refractivity contribution in [2.75, 3.05) is 0 Å². The third-order valence-corrected chi connectivity index (χ3v) is 3.96. The maximum absolute atomic E-state index is 12.6. The summed E-state index contributed by atoms with van der Waals surface area (Å²) in [5, 5.41) is 2.63. The summed E-state index contributed by atoms with van der Waals surface area (Å²) in [6.07, 6.45) is 0. The predicted octanol–water partition coefficient (Wildman–Crippen LogP) is 5.95. The summed E-state index contributed by atoms with van der Waals surface area (Å²) in [5.74, 6) is 0.604. The van der Waals surface area contributed by atoms with E-state index in [4.69, 9.17) is 4.42 Å². The maximum atomic E-state index is 12.6. The summed E-state index contributed by atoms with van der Waals surface area (Å²) in [6, 6.07) is 21.3. The fourth-order valence-corrected chi connectivity index (χ4v) is 2.79. The fourth-order valence-electron chi connectivity index (χ4n) is 2.79. The van der Waals surface area contributed by atoms with Crippen LogP contribution in [0.5, 0.6) is 0 Å². The van der Waals surface area contributed by atoms with E-state index < -0.39 is 0 Å². The highest BCUT2D eigenvalue weighted by Gasteiger charge is 2.09. The van der Waals surface area contributed by atoms with Crippen LogP contribution in [0.1, 0.15) is 19.4 Å². The molecule has 0 aliphatic rings. The lowest BCUT2D eigenvalue weighted by molar-refractivity contribution is 0.619. The number of aryl methyl sites for hydroxylation is 1. The SMILES string of the molecule is CC.Cc1ccc(-c2cc(=O)c3c(ccc4ccccc43)o2)cc1. The van der Waals surface area contributed by atoms with Crippen molar-refractivity contribution in [2.24, 2.45) is 0 Å². The molecule has 0 fully saturated rings. The molecular weight excluding hydrogens is 296 g/mol. The van der Waals surface area contributed by atoms with Crippen molar-refractivity contribution in [2.45, 2.75) is 20.8 Å². The molecule has 0 unspecified atom stereocenters. The van der Waals surface area contributed by atoms with Crippen LogP contribution >= 0.6 is 0 Å². The van der Waals surface area contributed by atoms with Crippen molar-refractivity contribution >= 4 is 21.7 Å². The molecule has 1 heterocycles.